The van der Waals surface area contributed by atoms with Crippen molar-refractivity contribution in [3.05, 3.63) is 75.3 Å². The van der Waals surface area contributed by atoms with E-state index < -0.39 is 69.8 Å². The Bertz CT molecular complexity index is 1790. The summed E-state index contributed by atoms with van der Waals surface area (Å²) in [6, 6.07) is 6.19. The molecule has 0 unspecified atom stereocenters. The number of carbonyl (C=O) groups excluding carboxylic acids is 5. The fourth-order valence-corrected chi connectivity index (χ4v) is 7.03. The molecule has 0 spiro atoms. The second-order valence-electron chi connectivity index (χ2n) is 12.6. The molecule has 5 rings (SSSR count). The van der Waals surface area contributed by atoms with Crippen molar-refractivity contribution in [3.8, 4) is 5.75 Å². The summed E-state index contributed by atoms with van der Waals surface area (Å²) in [4.78, 5) is 67.3. The van der Waals surface area contributed by atoms with Crippen LogP contribution in [0.1, 0.15) is 45.2 Å². The van der Waals surface area contributed by atoms with Gasteiger partial charge in [0.05, 0.1) is 11.6 Å². The maximum Gasteiger partial charge on any atom is 0.319 e. The number of ketones is 3. The number of nitrogens with two attached hydrogens (primary N) is 1. The number of fused-ring (bicyclic) bond motifs is 3. The number of phenols is 1. The zero-order chi connectivity index (χ0) is 34.7. The number of aromatic hydroxyl groups is 1. The largest absolute Gasteiger partial charge is 0.510 e. The Labute approximate surface area is 270 Å². The second-order valence-corrected chi connectivity index (χ2v) is 12.6. The third kappa shape index (κ3) is 5.28. The number of urea groups is 1. The molecule has 0 radical (unpaired) electrons. The lowest BCUT2D eigenvalue weighted by Gasteiger charge is -2.50. The van der Waals surface area contributed by atoms with Crippen LogP contribution in [0, 0.1) is 11.8 Å². The van der Waals surface area contributed by atoms with E-state index in [9.17, 15) is 44.4 Å². The molecule has 8 N–H and O–H groups in total. The zero-order valence-corrected chi connectivity index (χ0v) is 26.5. The summed E-state index contributed by atoms with van der Waals surface area (Å²) in [5, 5.41) is 51.0. The number of anilines is 2. The van der Waals surface area contributed by atoms with E-state index in [0.29, 0.717) is 22.5 Å². The smallest absolute Gasteiger partial charge is 0.319 e. The van der Waals surface area contributed by atoms with E-state index in [1.807, 2.05) is 0 Å². The van der Waals surface area contributed by atoms with Gasteiger partial charge in [-0.1, -0.05) is 0 Å². The van der Waals surface area contributed by atoms with Gasteiger partial charge in [-0.25, -0.2) is 4.79 Å². The van der Waals surface area contributed by atoms with Crippen LogP contribution < -0.4 is 21.3 Å². The van der Waals surface area contributed by atoms with Gasteiger partial charge in [0.25, 0.3) is 5.91 Å². The van der Waals surface area contributed by atoms with Crippen molar-refractivity contribution in [1.82, 2.24) is 10.2 Å². The molecule has 0 saturated heterocycles. The van der Waals surface area contributed by atoms with Gasteiger partial charge in [0.15, 0.2) is 17.2 Å². The number of nitrogens with zero attached hydrogens (tertiary/aromatic N) is 2. The highest BCUT2D eigenvalue weighted by Gasteiger charge is 2.63. The average molecular weight is 648 g/mol. The molecule has 3 aliphatic carbocycles. The van der Waals surface area contributed by atoms with Crippen LogP contribution in [0.4, 0.5) is 16.2 Å². The van der Waals surface area contributed by atoms with Crippen molar-refractivity contribution in [2.24, 2.45) is 17.6 Å². The fourth-order valence-electron chi connectivity index (χ4n) is 7.03. The van der Waals surface area contributed by atoms with Gasteiger partial charge in [-0.3, -0.25) is 24.1 Å². The number of phenolic OH excluding ortho intramolecular Hbond substituents is 1. The number of benzene rings is 2. The molecule has 0 aliphatic heterocycles. The van der Waals surface area contributed by atoms with Crippen LogP contribution in [0.3, 0.4) is 0 Å². The van der Waals surface area contributed by atoms with E-state index in [1.54, 1.807) is 63.4 Å². The number of aliphatic hydroxyl groups is 3. The van der Waals surface area contributed by atoms with Crippen LogP contribution in [0.2, 0.25) is 0 Å². The van der Waals surface area contributed by atoms with Gasteiger partial charge < -0.3 is 41.7 Å². The standard InChI is InChI=1S/C33H37N5O9/c1-14(39)15-6-8-18(9-7-15)36-32(46)35-13-17-12-21(37(2)3)19-10-16-11-20-25(38(4)5)28(42)24(31(34)45)30(44)33(20,47)29(43)22(16)27(41)23(19)26(17)40/h6-9,12,16,20,25,40,42-43,47H,10-11,13H2,1-5H3,(H2,34,45)(H2,35,36,46)/t16-,20+,25+,33+/m1/s1. The van der Waals surface area contributed by atoms with E-state index >= 15 is 0 Å². The third-order valence-electron chi connectivity index (χ3n) is 9.25. The van der Waals surface area contributed by atoms with Gasteiger partial charge in [-0.15, -0.1) is 0 Å². The first-order chi connectivity index (χ1) is 22.0. The molecule has 3 aliphatic rings. The summed E-state index contributed by atoms with van der Waals surface area (Å²) >= 11 is 0. The highest BCUT2D eigenvalue weighted by Crippen LogP contribution is 2.53. The van der Waals surface area contributed by atoms with E-state index in [2.05, 4.69) is 10.6 Å². The van der Waals surface area contributed by atoms with Crippen LogP contribution in [0.15, 0.2) is 53.0 Å². The van der Waals surface area contributed by atoms with Gasteiger partial charge in [0, 0.05) is 54.6 Å². The first kappa shape index (κ1) is 33.2. The average Bonchev–Trinajstić information content (AvgIpc) is 2.98. The fraction of sp³-hybridized carbons (Fsp3) is 0.364. The second kappa shape index (κ2) is 11.9. The molecule has 0 bridgehead atoms. The number of likely N-dealkylation sites (N-methyl/N-ethyl adjacent to an activating group) is 1. The number of hydrogen-bond donors (Lipinski definition) is 7. The topological polar surface area (TPSA) is 223 Å². The Hall–Kier alpha value is -5.21. The van der Waals surface area contributed by atoms with E-state index in [4.69, 9.17) is 5.73 Å². The Kier molecular flexibility index (Phi) is 8.37. The van der Waals surface area contributed by atoms with Crippen molar-refractivity contribution in [2.45, 2.75) is 38.0 Å². The molecule has 47 heavy (non-hydrogen) atoms. The summed E-state index contributed by atoms with van der Waals surface area (Å²) < 4.78 is 0. The lowest BCUT2D eigenvalue weighted by atomic mass is 9.58. The van der Waals surface area contributed by atoms with Gasteiger partial charge in [-0.05, 0) is 75.7 Å². The SMILES string of the molecule is CC(=O)c1ccc(NC(=O)NCc2cc(N(C)C)c3c(c2O)C(=O)C2=C(O)[C@]4(O)C(=O)C(C(N)=O)=C(O)[C@@H](N(C)C)[C@@H]4C[C@H]2C3)cc1. The Morgan fingerprint density at radius 1 is 1.04 bits per heavy atom. The van der Waals surface area contributed by atoms with Crippen molar-refractivity contribution >= 4 is 40.7 Å². The maximum atomic E-state index is 14.2. The minimum atomic E-state index is -2.75. The van der Waals surface area contributed by atoms with Gasteiger partial charge in [-0.2, -0.15) is 0 Å². The first-order valence-corrected chi connectivity index (χ1v) is 14.9. The molecule has 4 atom stereocenters. The van der Waals surface area contributed by atoms with Crippen molar-refractivity contribution in [3.63, 3.8) is 0 Å². The number of amides is 3. The van der Waals surface area contributed by atoms with Crippen LogP contribution in [0.25, 0.3) is 0 Å². The minimum Gasteiger partial charge on any atom is -0.510 e. The molecule has 0 saturated carbocycles. The summed E-state index contributed by atoms with van der Waals surface area (Å²) in [7, 11) is 6.61. The Morgan fingerprint density at radius 3 is 2.23 bits per heavy atom. The number of rotatable bonds is 7. The van der Waals surface area contributed by atoms with Gasteiger partial charge in [0.1, 0.15) is 22.8 Å². The third-order valence-corrected chi connectivity index (χ3v) is 9.25. The highest BCUT2D eigenvalue weighted by molar-refractivity contribution is 6.25. The Balaban J connectivity index is 1.52. The number of Topliss-reactive ketones (excluding diaryl/α,β-unsaturated/α-hetero) is 3. The molecule has 2 aromatic carbocycles. The number of primary amides is 1. The highest BCUT2D eigenvalue weighted by atomic mass is 16.3. The number of nitrogens with one attached hydrogen (secondary N) is 2. The molecule has 0 aromatic heterocycles. The molecular formula is C33H37N5O9. The summed E-state index contributed by atoms with van der Waals surface area (Å²) in [6.07, 6.45) is 0.0936. The zero-order valence-electron chi connectivity index (χ0n) is 26.5. The Morgan fingerprint density at radius 2 is 1.68 bits per heavy atom. The normalized spacial score (nSPS) is 23.6. The number of allylic oxidation sites excluding steroid dienone is 1. The molecule has 14 heteroatoms. The monoisotopic (exact) mass is 647 g/mol. The molecule has 14 nitrogen and oxygen atoms in total. The number of aliphatic hydroxyl groups excluding tert-OH is 2. The van der Waals surface area contributed by atoms with Crippen LogP contribution in [-0.2, 0) is 22.6 Å². The predicted molar refractivity (Wildman–Crippen MR) is 170 cm³/mol. The van der Waals surface area contributed by atoms with E-state index in [0.717, 1.165) is 0 Å². The molecule has 0 fully saturated rings. The van der Waals surface area contributed by atoms with Crippen molar-refractivity contribution in [2.75, 3.05) is 38.4 Å². The lowest BCUT2D eigenvalue weighted by molar-refractivity contribution is -0.148. The molecule has 3 amide bonds. The van der Waals surface area contributed by atoms with Gasteiger partial charge in [0.2, 0.25) is 5.78 Å². The summed E-state index contributed by atoms with van der Waals surface area (Å²) in [5.41, 5.74) is 3.44. The predicted octanol–water partition coefficient (Wildman–Crippen LogP) is 1.71. The molecule has 248 valence electrons. The summed E-state index contributed by atoms with van der Waals surface area (Å²) in [5.74, 6) is -7.46. The quantitative estimate of drug-likeness (QED) is 0.169. The van der Waals surface area contributed by atoms with E-state index in [1.165, 1.54) is 11.8 Å². The maximum absolute atomic E-state index is 14.2. The van der Waals surface area contributed by atoms with E-state index in [-0.39, 0.29) is 41.9 Å². The summed E-state index contributed by atoms with van der Waals surface area (Å²) in [6.45, 7) is 1.22. The molecule has 2 aromatic rings. The van der Waals surface area contributed by atoms with Crippen LogP contribution in [0.5, 0.6) is 5.75 Å². The minimum absolute atomic E-state index is 0.0315. The van der Waals surface area contributed by atoms with Gasteiger partial charge >= 0.3 is 6.03 Å². The first-order valence-electron chi connectivity index (χ1n) is 14.9. The van der Waals surface area contributed by atoms with Crippen molar-refractivity contribution < 1.29 is 44.4 Å². The number of carbonyl (C=O) groups is 5. The number of hydrogen-bond acceptors (Lipinski definition) is 11. The molecule has 0 heterocycles. The molecular weight excluding hydrogens is 610 g/mol. The van der Waals surface area contributed by atoms with Crippen LogP contribution >= 0.6 is 0 Å². The van der Waals surface area contributed by atoms with Crippen molar-refractivity contribution in [1.29, 1.82) is 0 Å². The van der Waals surface area contributed by atoms with Crippen LogP contribution in [-0.4, -0.2) is 94.4 Å². The lowest BCUT2D eigenvalue weighted by Crippen LogP contribution is -2.63.